The van der Waals surface area contributed by atoms with Gasteiger partial charge in [0.25, 0.3) is 10.1 Å². The van der Waals surface area contributed by atoms with Crippen LogP contribution in [0.3, 0.4) is 0 Å². The van der Waals surface area contributed by atoms with Gasteiger partial charge in [-0.1, -0.05) is 30.3 Å². The minimum atomic E-state index is -4.15. The molecule has 0 aromatic heterocycles. The first-order valence-electron chi connectivity index (χ1n) is 5.44. The molecule has 0 atom stereocenters. The van der Waals surface area contributed by atoms with Gasteiger partial charge in [0.05, 0.1) is 4.90 Å². The summed E-state index contributed by atoms with van der Waals surface area (Å²) in [6, 6.07) is 16.4. The second-order valence-electron chi connectivity index (χ2n) is 4.18. The van der Waals surface area contributed by atoms with Crippen LogP contribution in [0.1, 0.15) is 0 Å². The Morgan fingerprint density at radius 2 is 1.26 bits per heavy atom. The van der Waals surface area contributed by atoms with Gasteiger partial charge in [0.15, 0.2) is 0 Å². The average Bonchev–Trinajstić information content (AvgIpc) is 2.34. The van der Waals surface area contributed by atoms with E-state index in [0.29, 0.717) is 0 Å². The van der Waals surface area contributed by atoms with Crippen LogP contribution in [0.5, 0.6) is 0 Å². The van der Waals surface area contributed by atoms with E-state index in [1.54, 1.807) is 6.07 Å². The molecule has 19 heavy (non-hydrogen) atoms. The van der Waals surface area contributed by atoms with Gasteiger partial charge >= 0.3 is 0 Å². The Hall–Kier alpha value is -0.910. The van der Waals surface area contributed by atoms with Crippen molar-refractivity contribution in [1.82, 2.24) is 0 Å². The predicted molar refractivity (Wildman–Crippen MR) is 77.0 cm³/mol. The molecule has 0 aliphatic rings. The first kappa shape index (κ1) is 14.5. The molecule has 0 fully saturated rings. The van der Waals surface area contributed by atoms with Crippen molar-refractivity contribution in [3.8, 4) is 0 Å². The van der Waals surface area contributed by atoms with E-state index in [0.717, 1.165) is 21.5 Å². The predicted octanol–water partition coefficient (Wildman–Crippen LogP) is 2.86. The van der Waals surface area contributed by atoms with Crippen LogP contribution in [0.2, 0.25) is 0 Å². The number of fused-ring (bicyclic) bond motifs is 2. The fourth-order valence-corrected chi connectivity index (χ4v) is 2.59. The number of hydrogen-bond acceptors (Lipinski definition) is 2. The molecule has 91 valence electrons. The van der Waals surface area contributed by atoms with E-state index in [4.69, 9.17) is 4.55 Å². The van der Waals surface area contributed by atoms with Crippen molar-refractivity contribution in [1.29, 1.82) is 0 Å². The molecule has 0 saturated heterocycles. The summed E-state index contributed by atoms with van der Waals surface area (Å²) in [6.07, 6.45) is 0. The third kappa shape index (κ3) is 2.83. The van der Waals surface area contributed by atoms with Crippen molar-refractivity contribution in [3.05, 3.63) is 54.6 Å². The van der Waals surface area contributed by atoms with E-state index in [1.807, 2.05) is 36.4 Å². The monoisotopic (exact) mass is 281 g/mol. The summed E-state index contributed by atoms with van der Waals surface area (Å²) < 4.78 is 31.2. The smallest absolute Gasteiger partial charge is 0.282 e. The molecule has 0 spiro atoms. The maximum Gasteiger partial charge on any atom is 0.294 e. The largest absolute Gasteiger partial charge is 0.294 e. The van der Waals surface area contributed by atoms with Crippen LogP contribution in [-0.2, 0) is 10.1 Å². The van der Waals surface area contributed by atoms with Crippen molar-refractivity contribution >= 4 is 61.2 Å². The number of benzene rings is 3. The van der Waals surface area contributed by atoms with E-state index < -0.39 is 10.1 Å². The van der Waals surface area contributed by atoms with E-state index >= 15 is 0 Å². The van der Waals surface area contributed by atoms with Gasteiger partial charge in [0.2, 0.25) is 0 Å². The first-order chi connectivity index (χ1) is 8.54. The molecule has 0 saturated carbocycles. The summed E-state index contributed by atoms with van der Waals surface area (Å²) in [4.78, 5) is -0.0784. The zero-order valence-electron chi connectivity index (χ0n) is 10.4. The van der Waals surface area contributed by atoms with Gasteiger partial charge < -0.3 is 0 Å². The molecule has 0 bridgehead atoms. The Bertz CT molecular complexity index is 857. The summed E-state index contributed by atoms with van der Waals surface area (Å²) >= 11 is 0. The van der Waals surface area contributed by atoms with Crippen LogP contribution in [0.25, 0.3) is 21.5 Å². The zero-order chi connectivity index (χ0) is 12.8. The third-order valence-corrected chi connectivity index (χ3v) is 3.82. The summed E-state index contributed by atoms with van der Waals surface area (Å²) in [5.74, 6) is 0. The van der Waals surface area contributed by atoms with Gasteiger partial charge in [-0.2, -0.15) is 8.42 Å². The summed E-state index contributed by atoms with van der Waals surface area (Å²) in [5, 5.41) is 3.88. The number of rotatable bonds is 1. The molecule has 3 nitrogen and oxygen atoms in total. The minimum absolute atomic E-state index is 0. The fourth-order valence-electron chi connectivity index (χ4n) is 2.08. The molecule has 5 heteroatoms. The zero-order valence-corrected chi connectivity index (χ0v) is 13.2. The molecule has 3 aromatic carbocycles. The quantitative estimate of drug-likeness (QED) is 0.424. The van der Waals surface area contributed by atoms with Crippen LogP contribution in [-0.4, -0.2) is 42.5 Å². The molecule has 0 amide bonds. The van der Waals surface area contributed by atoms with Gasteiger partial charge in [0.1, 0.15) is 0 Å². The third-order valence-electron chi connectivity index (χ3n) is 2.97. The average molecular weight is 281 g/mol. The first-order valence-corrected chi connectivity index (χ1v) is 6.88. The standard InChI is InChI=1S/C14H10O3S.Na/c15-18(16,17)14-6-5-12-7-10-3-1-2-4-11(10)8-13(12)9-14;/h1-9H,(H,15,16,17);. The Kier molecular flexibility index (Phi) is 3.99. The van der Waals surface area contributed by atoms with Crippen molar-refractivity contribution < 1.29 is 13.0 Å². The molecular formula is C14H10NaO3S. The van der Waals surface area contributed by atoms with Crippen molar-refractivity contribution in [2.24, 2.45) is 0 Å². The number of hydrogen-bond donors (Lipinski definition) is 1. The van der Waals surface area contributed by atoms with Gasteiger partial charge in [-0.15, -0.1) is 0 Å². The molecule has 1 radical (unpaired) electrons. The Morgan fingerprint density at radius 1 is 0.737 bits per heavy atom. The van der Waals surface area contributed by atoms with E-state index in [2.05, 4.69) is 0 Å². The summed E-state index contributed by atoms with van der Waals surface area (Å²) in [7, 11) is -4.15. The topological polar surface area (TPSA) is 54.4 Å². The second-order valence-corrected chi connectivity index (χ2v) is 5.60. The SMILES string of the molecule is O=S(=O)(O)c1ccc2cc3ccccc3cc2c1.[Na]. The maximum atomic E-state index is 11.1. The van der Waals surface area contributed by atoms with Crippen LogP contribution < -0.4 is 0 Å². The van der Waals surface area contributed by atoms with Crippen LogP contribution in [0.15, 0.2) is 59.5 Å². The Balaban J connectivity index is 0.00000133. The van der Waals surface area contributed by atoms with E-state index in [-0.39, 0.29) is 34.5 Å². The molecule has 0 aliphatic heterocycles. The second kappa shape index (κ2) is 5.23. The molecule has 0 aliphatic carbocycles. The van der Waals surface area contributed by atoms with Crippen LogP contribution in [0.4, 0.5) is 0 Å². The van der Waals surface area contributed by atoms with Gasteiger partial charge in [-0.3, -0.25) is 4.55 Å². The molecule has 0 unspecified atom stereocenters. The van der Waals surface area contributed by atoms with Gasteiger partial charge in [0, 0.05) is 29.6 Å². The van der Waals surface area contributed by atoms with Crippen molar-refractivity contribution in [2.45, 2.75) is 4.90 Å². The minimum Gasteiger partial charge on any atom is -0.282 e. The molecule has 0 heterocycles. The van der Waals surface area contributed by atoms with Crippen LogP contribution >= 0.6 is 0 Å². The summed E-state index contributed by atoms with van der Waals surface area (Å²) in [5.41, 5.74) is 0. The Labute approximate surface area is 133 Å². The van der Waals surface area contributed by atoms with E-state index in [1.165, 1.54) is 12.1 Å². The van der Waals surface area contributed by atoms with E-state index in [9.17, 15) is 8.42 Å². The Morgan fingerprint density at radius 3 is 1.84 bits per heavy atom. The van der Waals surface area contributed by atoms with Crippen molar-refractivity contribution in [2.75, 3.05) is 0 Å². The molecular weight excluding hydrogens is 271 g/mol. The summed E-state index contributed by atoms with van der Waals surface area (Å²) in [6.45, 7) is 0. The van der Waals surface area contributed by atoms with Crippen LogP contribution in [0, 0.1) is 0 Å². The molecule has 1 N–H and O–H groups in total. The fraction of sp³-hybridized carbons (Fsp3) is 0. The van der Waals surface area contributed by atoms with Gasteiger partial charge in [-0.05, 0) is 45.8 Å². The molecule has 3 rings (SSSR count). The maximum absolute atomic E-state index is 11.1. The molecule has 3 aromatic rings. The normalized spacial score (nSPS) is 11.4. The van der Waals surface area contributed by atoms with Gasteiger partial charge in [-0.25, -0.2) is 0 Å². The van der Waals surface area contributed by atoms with Crippen molar-refractivity contribution in [3.63, 3.8) is 0 Å².